The summed E-state index contributed by atoms with van der Waals surface area (Å²) >= 11 is 1.69. The molecular weight excluding hydrogens is 370 g/mol. The van der Waals surface area contributed by atoms with Gasteiger partial charge in [0.1, 0.15) is 6.29 Å². The van der Waals surface area contributed by atoms with E-state index in [2.05, 4.69) is 40.3 Å². The molecular formula is C22H19N3O2S. The normalized spacial score (nSPS) is 16.4. The average Bonchev–Trinajstić information content (AvgIpc) is 3.24. The molecule has 5 nitrogen and oxygen atoms in total. The molecule has 1 aliphatic rings. The number of rotatable bonds is 4. The molecule has 1 aliphatic heterocycles. The standard InChI is InChI=1S/C22H19N3O2S/c26-15-22(6-10-27-11-7-22)16-2-1-3-17(12-16)28-18-4-5-19-20(13-18)25-9-8-23-21(25)14-24-19/h1-5,8-9,12-15H,6-7,10-11H2. The summed E-state index contributed by atoms with van der Waals surface area (Å²) in [5.41, 5.74) is 3.46. The van der Waals surface area contributed by atoms with Crippen LogP contribution in [-0.4, -0.2) is 33.9 Å². The summed E-state index contributed by atoms with van der Waals surface area (Å²) in [6, 6.07) is 14.6. The topological polar surface area (TPSA) is 56.5 Å². The van der Waals surface area contributed by atoms with Gasteiger partial charge in [-0.2, -0.15) is 0 Å². The fraction of sp³-hybridized carbons (Fsp3) is 0.227. The maximum atomic E-state index is 11.9. The lowest BCUT2D eigenvalue weighted by Crippen LogP contribution is -2.35. The van der Waals surface area contributed by atoms with Crippen LogP contribution in [0.25, 0.3) is 16.7 Å². The summed E-state index contributed by atoms with van der Waals surface area (Å²) in [6.45, 7) is 1.27. The molecule has 0 bridgehead atoms. The van der Waals surface area contributed by atoms with Gasteiger partial charge in [-0.25, -0.2) is 4.98 Å². The van der Waals surface area contributed by atoms with E-state index >= 15 is 0 Å². The predicted octanol–water partition coefficient (Wildman–Crippen LogP) is 4.28. The largest absolute Gasteiger partial charge is 0.381 e. The van der Waals surface area contributed by atoms with Crippen molar-refractivity contribution in [3.63, 3.8) is 0 Å². The average molecular weight is 389 g/mol. The number of hydrogen-bond acceptors (Lipinski definition) is 5. The summed E-state index contributed by atoms with van der Waals surface area (Å²) < 4.78 is 7.51. The highest BCUT2D eigenvalue weighted by atomic mass is 32.2. The van der Waals surface area contributed by atoms with Crippen LogP contribution in [0.3, 0.4) is 0 Å². The molecule has 2 aromatic carbocycles. The highest BCUT2D eigenvalue weighted by Gasteiger charge is 2.34. The molecule has 0 N–H and O–H groups in total. The van der Waals surface area contributed by atoms with E-state index in [1.165, 1.54) is 0 Å². The lowest BCUT2D eigenvalue weighted by Gasteiger charge is -2.32. The maximum Gasteiger partial charge on any atom is 0.155 e. The van der Waals surface area contributed by atoms with Gasteiger partial charge < -0.3 is 9.53 Å². The van der Waals surface area contributed by atoms with Crippen LogP contribution in [-0.2, 0) is 14.9 Å². The number of fused-ring (bicyclic) bond motifs is 3. The van der Waals surface area contributed by atoms with Gasteiger partial charge in [-0.1, -0.05) is 23.9 Å². The predicted molar refractivity (Wildman–Crippen MR) is 109 cm³/mol. The Morgan fingerprint density at radius 3 is 2.79 bits per heavy atom. The smallest absolute Gasteiger partial charge is 0.155 e. The van der Waals surface area contributed by atoms with Gasteiger partial charge in [0.05, 0.1) is 22.6 Å². The molecule has 0 amide bonds. The van der Waals surface area contributed by atoms with Crippen LogP contribution in [0.2, 0.25) is 0 Å². The maximum absolute atomic E-state index is 11.9. The van der Waals surface area contributed by atoms with E-state index in [1.807, 2.05) is 22.7 Å². The molecule has 2 aromatic heterocycles. The quantitative estimate of drug-likeness (QED) is 0.488. The number of benzene rings is 2. The number of ether oxygens (including phenoxy) is 1. The highest BCUT2D eigenvalue weighted by Crippen LogP contribution is 2.36. The molecule has 0 unspecified atom stereocenters. The molecule has 5 rings (SSSR count). The molecule has 1 fully saturated rings. The second-order valence-electron chi connectivity index (χ2n) is 7.08. The first kappa shape index (κ1) is 17.4. The van der Waals surface area contributed by atoms with Gasteiger partial charge in [-0.3, -0.25) is 9.38 Å². The molecule has 0 saturated carbocycles. The Morgan fingerprint density at radius 2 is 1.93 bits per heavy atom. The number of hydrogen-bond donors (Lipinski definition) is 0. The van der Waals surface area contributed by atoms with Gasteiger partial charge in [0.15, 0.2) is 5.65 Å². The van der Waals surface area contributed by atoms with E-state index in [0.717, 1.165) is 51.2 Å². The van der Waals surface area contributed by atoms with E-state index in [9.17, 15) is 4.79 Å². The molecule has 0 aliphatic carbocycles. The van der Waals surface area contributed by atoms with E-state index in [-0.39, 0.29) is 0 Å². The molecule has 0 atom stereocenters. The number of aromatic nitrogens is 3. The molecule has 1 saturated heterocycles. The third kappa shape index (κ3) is 2.99. The van der Waals surface area contributed by atoms with Crippen molar-refractivity contribution in [2.24, 2.45) is 0 Å². The number of carbonyl (C=O) groups is 1. The fourth-order valence-electron chi connectivity index (χ4n) is 3.83. The fourth-order valence-corrected chi connectivity index (χ4v) is 4.74. The Balaban J connectivity index is 1.50. The Kier molecular flexibility index (Phi) is 4.37. The number of nitrogens with zero attached hydrogens (tertiary/aromatic N) is 3. The molecule has 3 heterocycles. The zero-order valence-electron chi connectivity index (χ0n) is 15.2. The lowest BCUT2D eigenvalue weighted by molar-refractivity contribution is -0.115. The van der Waals surface area contributed by atoms with Crippen LogP contribution in [0, 0.1) is 0 Å². The van der Waals surface area contributed by atoms with Crippen molar-refractivity contribution < 1.29 is 9.53 Å². The van der Waals surface area contributed by atoms with Gasteiger partial charge in [-0.15, -0.1) is 0 Å². The highest BCUT2D eigenvalue weighted by molar-refractivity contribution is 7.99. The molecule has 140 valence electrons. The number of imidazole rings is 1. The van der Waals surface area contributed by atoms with Crippen molar-refractivity contribution in [1.82, 2.24) is 14.4 Å². The van der Waals surface area contributed by atoms with E-state index in [0.29, 0.717) is 13.2 Å². The summed E-state index contributed by atoms with van der Waals surface area (Å²) in [4.78, 5) is 23.0. The Labute approximate surface area is 166 Å². The Bertz CT molecular complexity index is 1160. The van der Waals surface area contributed by atoms with Crippen molar-refractivity contribution in [3.05, 3.63) is 66.6 Å². The minimum Gasteiger partial charge on any atom is -0.381 e. The lowest BCUT2D eigenvalue weighted by atomic mass is 9.75. The van der Waals surface area contributed by atoms with Crippen LogP contribution >= 0.6 is 11.8 Å². The van der Waals surface area contributed by atoms with Crippen LogP contribution < -0.4 is 0 Å². The van der Waals surface area contributed by atoms with Gasteiger partial charge in [0, 0.05) is 35.4 Å². The van der Waals surface area contributed by atoms with Gasteiger partial charge >= 0.3 is 0 Å². The molecule has 0 radical (unpaired) electrons. The van der Waals surface area contributed by atoms with Crippen molar-refractivity contribution in [1.29, 1.82) is 0 Å². The molecule has 28 heavy (non-hydrogen) atoms. The zero-order chi connectivity index (χ0) is 19.0. The van der Waals surface area contributed by atoms with Crippen LogP contribution in [0.15, 0.2) is 70.8 Å². The summed E-state index contributed by atoms with van der Waals surface area (Å²) in [5, 5.41) is 0. The van der Waals surface area contributed by atoms with Crippen LogP contribution in [0.5, 0.6) is 0 Å². The monoisotopic (exact) mass is 389 g/mol. The molecule has 0 spiro atoms. The SMILES string of the molecule is O=CC1(c2cccc(Sc3ccc4ncc5nccn5c4c3)c2)CCOCC1. The second kappa shape index (κ2) is 7.04. The summed E-state index contributed by atoms with van der Waals surface area (Å²) in [7, 11) is 0. The number of carbonyl (C=O) groups excluding carboxylic acids is 1. The Morgan fingerprint density at radius 1 is 1.07 bits per heavy atom. The minimum atomic E-state index is -0.425. The Hall–Kier alpha value is -2.70. The van der Waals surface area contributed by atoms with Crippen LogP contribution in [0.4, 0.5) is 0 Å². The first-order valence-corrected chi connectivity index (χ1v) is 10.1. The van der Waals surface area contributed by atoms with E-state index < -0.39 is 5.41 Å². The number of aldehydes is 1. The summed E-state index contributed by atoms with van der Waals surface area (Å²) in [5.74, 6) is 0. The molecule has 4 aromatic rings. The van der Waals surface area contributed by atoms with E-state index in [4.69, 9.17) is 4.74 Å². The van der Waals surface area contributed by atoms with Crippen LogP contribution in [0.1, 0.15) is 18.4 Å². The third-order valence-electron chi connectivity index (χ3n) is 5.45. The third-order valence-corrected chi connectivity index (χ3v) is 6.43. The van der Waals surface area contributed by atoms with Crippen molar-refractivity contribution >= 4 is 34.7 Å². The minimum absolute atomic E-state index is 0.425. The van der Waals surface area contributed by atoms with Crippen molar-refractivity contribution in [2.75, 3.05) is 13.2 Å². The van der Waals surface area contributed by atoms with Gasteiger partial charge in [0.25, 0.3) is 0 Å². The van der Waals surface area contributed by atoms with Crippen molar-refractivity contribution in [3.8, 4) is 0 Å². The first-order chi connectivity index (χ1) is 13.8. The zero-order valence-corrected chi connectivity index (χ0v) is 16.1. The van der Waals surface area contributed by atoms with Crippen molar-refractivity contribution in [2.45, 2.75) is 28.0 Å². The second-order valence-corrected chi connectivity index (χ2v) is 8.23. The van der Waals surface area contributed by atoms with Gasteiger partial charge in [-0.05, 0) is 48.7 Å². The molecule has 6 heteroatoms. The summed E-state index contributed by atoms with van der Waals surface area (Å²) in [6.07, 6.45) is 8.11. The van der Waals surface area contributed by atoms with Gasteiger partial charge in [0.2, 0.25) is 0 Å². The van der Waals surface area contributed by atoms with E-state index in [1.54, 1.807) is 24.2 Å². The first-order valence-electron chi connectivity index (χ1n) is 9.32.